The van der Waals surface area contributed by atoms with Crippen LogP contribution in [0.5, 0.6) is 23.0 Å². The molecule has 0 spiro atoms. The molecule has 3 rings (SSSR count). The highest BCUT2D eigenvalue weighted by molar-refractivity contribution is 5.79. The molecule has 1 aliphatic rings. The Morgan fingerprint density at radius 1 is 1.05 bits per heavy atom. The fourth-order valence-corrected chi connectivity index (χ4v) is 2.66. The van der Waals surface area contributed by atoms with Crippen molar-refractivity contribution in [2.24, 2.45) is 0 Å². The molecule has 5 nitrogen and oxygen atoms in total. The van der Waals surface area contributed by atoms with Gasteiger partial charge in [-0.05, 0) is 42.3 Å². The average molecular weight is 286 g/mol. The van der Waals surface area contributed by atoms with Crippen LogP contribution in [-0.2, 0) is 4.79 Å². The first-order valence-corrected chi connectivity index (χ1v) is 6.52. The molecule has 2 aromatic rings. The smallest absolute Gasteiger partial charge is 0.312 e. The number of carbonyl (C=O) groups excluding carboxylic acids is 1. The normalized spacial score (nSPS) is 17.2. The summed E-state index contributed by atoms with van der Waals surface area (Å²) in [4.78, 5) is 11.8. The van der Waals surface area contributed by atoms with Crippen LogP contribution in [0.3, 0.4) is 0 Å². The van der Waals surface area contributed by atoms with E-state index in [0.29, 0.717) is 16.9 Å². The maximum absolute atomic E-state index is 11.8. The molecule has 3 N–H and O–H groups in total. The molecule has 0 bridgehead atoms. The van der Waals surface area contributed by atoms with Crippen molar-refractivity contribution in [3.8, 4) is 23.0 Å². The first-order chi connectivity index (χ1) is 9.95. The minimum atomic E-state index is -0.423. The molecule has 21 heavy (non-hydrogen) atoms. The Morgan fingerprint density at radius 2 is 1.81 bits per heavy atom. The maximum Gasteiger partial charge on any atom is 0.312 e. The molecule has 5 heteroatoms. The van der Waals surface area contributed by atoms with Crippen LogP contribution in [0, 0.1) is 6.92 Å². The van der Waals surface area contributed by atoms with E-state index in [2.05, 4.69) is 0 Å². The van der Waals surface area contributed by atoms with Gasteiger partial charge in [0.2, 0.25) is 0 Å². The van der Waals surface area contributed by atoms with E-state index in [0.717, 1.165) is 5.56 Å². The molecule has 0 radical (unpaired) electrons. The predicted molar refractivity (Wildman–Crippen MR) is 74.7 cm³/mol. The number of fused-ring (bicyclic) bond motifs is 1. The van der Waals surface area contributed by atoms with Gasteiger partial charge >= 0.3 is 5.97 Å². The topological polar surface area (TPSA) is 87.0 Å². The largest absolute Gasteiger partial charge is 0.507 e. The lowest BCUT2D eigenvalue weighted by atomic mass is 9.85. The quantitative estimate of drug-likeness (QED) is 0.426. The van der Waals surface area contributed by atoms with Gasteiger partial charge in [-0.1, -0.05) is 6.07 Å². The van der Waals surface area contributed by atoms with Crippen molar-refractivity contribution in [1.82, 2.24) is 0 Å². The van der Waals surface area contributed by atoms with Gasteiger partial charge in [0, 0.05) is 11.5 Å². The zero-order chi connectivity index (χ0) is 15.1. The van der Waals surface area contributed by atoms with Gasteiger partial charge in [0.1, 0.15) is 11.5 Å². The van der Waals surface area contributed by atoms with E-state index < -0.39 is 11.9 Å². The van der Waals surface area contributed by atoms with Crippen molar-refractivity contribution in [1.29, 1.82) is 0 Å². The van der Waals surface area contributed by atoms with E-state index >= 15 is 0 Å². The van der Waals surface area contributed by atoms with Crippen molar-refractivity contribution < 1.29 is 24.9 Å². The summed E-state index contributed by atoms with van der Waals surface area (Å²) < 4.78 is 5.19. The number of hydrogen-bond donors (Lipinski definition) is 3. The second kappa shape index (κ2) is 4.70. The Morgan fingerprint density at radius 3 is 2.52 bits per heavy atom. The van der Waals surface area contributed by atoms with Crippen molar-refractivity contribution in [2.75, 3.05) is 0 Å². The van der Waals surface area contributed by atoms with Crippen LogP contribution in [0.2, 0.25) is 0 Å². The van der Waals surface area contributed by atoms with Gasteiger partial charge in [0.15, 0.2) is 11.5 Å². The third kappa shape index (κ3) is 2.27. The minimum absolute atomic E-state index is 0.0510. The van der Waals surface area contributed by atoms with Crippen LogP contribution < -0.4 is 4.74 Å². The molecule has 0 amide bonds. The van der Waals surface area contributed by atoms with E-state index in [1.807, 2.05) is 0 Å². The molecular weight excluding hydrogens is 272 g/mol. The lowest BCUT2D eigenvalue weighted by molar-refractivity contribution is -0.135. The predicted octanol–water partition coefficient (Wildman–Crippen LogP) is 2.55. The highest BCUT2D eigenvalue weighted by Crippen LogP contribution is 2.45. The number of benzene rings is 2. The maximum atomic E-state index is 11.8. The van der Waals surface area contributed by atoms with Crippen LogP contribution in [0.1, 0.15) is 29.0 Å². The van der Waals surface area contributed by atoms with Crippen molar-refractivity contribution in [3.63, 3.8) is 0 Å². The SMILES string of the molecule is Cc1cc(O)c2c(c1)OC(=O)C[C@@H]2c1ccc(O)c(O)c1. The van der Waals surface area contributed by atoms with Crippen molar-refractivity contribution in [3.05, 3.63) is 47.0 Å². The van der Waals surface area contributed by atoms with Gasteiger partial charge in [-0.15, -0.1) is 0 Å². The molecule has 0 saturated carbocycles. The molecule has 0 aromatic heterocycles. The lowest BCUT2D eigenvalue weighted by Crippen LogP contribution is -2.21. The van der Waals surface area contributed by atoms with Gasteiger partial charge in [-0.3, -0.25) is 4.79 Å². The molecule has 108 valence electrons. The number of hydrogen-bond acceptors (Lipinski definition) is 5. The Hall–Kier alpha value is -2.69. The van der Waals surface area contributed by atoms with E-state index in [1.54, 1.807) is 25.1 Å². The standard InChI is InChI=1S/C16H14O5/c1-8-4-13(19)16-10(7-15(20)21-14(16)5-8)9-2-3-11(17)12(18)6-9/h2-6,10,17-19H,7H2,1H3/t10-/m1/s1. The summed E-state index contributed by atoms with van der Waals surface area (Å²) in [7, 11) is 0. The van der Waals surface area contributed by atoms with E-state index in [1.165, 1.54) is 12.1 Å². The lowest BCUT2D eigenvalue weighted by Gasteiger charge is -2.26. The number of esters is 1. The summed E-state index contributed by atoms with van der Waals surface area (Å²) in [5.41, 5.74) is 1.93. The Kier molecular flexibility index (Phi) is 2.97. The molecule has 0 fully saturated rings. The molecule has 2 aromatic carbocycles. The van der Waals surface area contributed by atoms with Gasteiger partial charge in [-0.2, -0.15) is 0 Å². The number of phenolic OH excluding ortho intramolecular Hbond substituents is 3. The third-order valence-corrected chi connectivity index (χ3v) is 3.61. The second-order valence-electron chi connectivity index (χ2n) is 5.17. The van der Waals surface area contributed by atoms with Gasteiger partial charge < -0.3 is 20.1 Å². The number of rotatable bonds is 1. The van der Waals surface area contributed by atoms with Gasteiger partial charge in [0.25, 0.3) is 0 Å². The Balaban J connectivity index is 2.16. The zero-order valence-electron chi connectivity index (χ0n) is 11.3. The Bertz CT molecular complexity index is 736. The van der Waals surface area contributed by atoms with E-state index in [4.69, 9.17) is 4.74 Å². The van der Waals surface area contributed by atoms with Gasteiger partial charge in [0.05, 0.1) is 6.42 Å². The van der Waals surface area contributed by atoms with Crippen LogP contribution in [0.25, 0.3) is 0 Å². The van der Waals surface area contributed by atoms with Crippen LogP contribution in [-0.4, -0.2) is 21.3 Å². The molecule has 1 atom stereocenters. The molecule has 1 heterocycles. The molecule has 0 unspecified atom stereocenters. The monoisotopic (exact) mass is 286 g/mol. The first kappa shape index (κ1) is 13.3. The third-order valence-electron chi connectivity index (χ3n) is 3.61. The Labute approximate surface area is 121 Å². The average Bonchev–Trinajstić information content (AvgIpc) is 2.40. The summed E-state index contributed by atoms with van der Waals surface area (Å²) in [6.07, 6.45) is 0.0633. The number of phenols is 3. The van der Waals surface area contributed by atoms with E-state index in [9.17, 15) is 20.1 Å². The van der Waals surface area contributed by atoms with Crippen LogP contribution in [0.15, 0.2) is 30.3 Å². The van der Waals surface area contributed by atoms with Crippen molar-refractivity contribution >= 4 is 5.97 Å². The molecule has 0 aliphatic carbocycles. The summed E-state index contributed by atoms with van der Waals surface area (Å²) >= 11 is 0. The van der Waals surface area contributed by atoms with Crippen LogP contribution >= 0.6 is 0 Å². The summed E-state index contributed by atoms with van der Waals surface area (Å²) in [6.45, 7) is 1.80. The summed E-state index contributed by atoms with van der Waals surface area (Å²) in [6, 6.07) is 7.66. The van der Waals surface area contributed by atoms with Crippen LogP contribution in [0.4, 0.5) is 0 Å². The highest BCUT2D eigenvalue weighted by atomic mass is 16.5. The zero-order valence-corrected chi connectivity index (χ0v) is 11.3. The van der Waals surface area contributed by atoms with Crippen molar-refractivity contribution in [2.45, 2.75) is 19.3 Å². The number of aryl methyl sites for hydroxylation is 1. The van der Waals surface area contributed by atoms with E-state index in [-0.39, 0.29) is 23.7 Å². The number of carbonyl (C=O) groups is 1. The molecular formula is C16H14O5. The molecule has 1 aliphatic heterocycles. The summed E-state index contributed by atoms with van der Waals surface area (Å²) in [5.74, 6) is -0.931. The molecule has 0 saturated heterocycles. The fraction of sp³-hybridized carbons (Fsp3) is 0.188. The van der Waals surface area contributed by atoms with Gasteiger partial charge in [-0.25, -0.2) is 0 Å². The summed E-state index contributed by atoms with van der Waals surface area (Å²) in [5, 5.41) is 29.2. The second-order valence-corrected chi connectivity index (χ2v) is 5.17. The minimum Gasteiger partial charge on any atom is -0.507 e. The first-order valence-electron chi connectivity index (χ1n) is 6.52. The number of ether oxygens (including phenoxy) is 1. The highest BCUT2D eigenvalue weighted by Gasteiger charge is 2.31. The fourth-order valence-electron chi connectivity index (χ4n) is 2.66. The number of aromatic hydroxyl groups is 3.